The van der Waals surface area contributed by atoms with E-state index in [4.69, 9.17) is 4.52 Å². The highest BCUT2D eigenvalue weighted by molar-refractivity contribution is 7.89. The van der Waals surface area contributed by atoms with Gasteiger partial charge in [-0.2, -0.15) is 9.29 Å². The monoisotopic (exact) mass is 393 g/mol. The predicted octanol–water partition coefficient (Wildman–Crippen LogP) is 2.50. The summed E-state index contributed by atoms with van der Waals surface area (Å²) in [6.07, 6.45) is 2.26. The molecule has 3 aromatic heterocycles. The number of sulfonamides is 1. The highest BCUT2D eigenvalue weighted by Gasteiger charge is 2.36. The summed E-state index contributed by atoms with van der Waals surface area (Å²) in [5, 5.41) is 6.10. The van der Waals surface area contributed by atoms with Gasteiger partial charge < -0.3 is 9.09 Å². The standard InChI is InChI=1S/C16H19N5O3S2/c1-3-20-10-14(17-11(20)2)26(22,23)21-7-6-12(9-21)15-18-16(24-19-15)13-5-4-8-25-13/h4-5,8,10,12H,3,6-7,9H2,1-2H3/t12-/m0/s1. The van der Waals surface area contributed by atoms with E-state index < -0.39 is 10.0 Å². The zero-order valence-corrected chi connectivity index (χ0v) is 16.1. The lowest BCUT2D eigenvalue weighted by atomic mass is 10.1. The fraction of sp³-hybridized carbons (Fsp3) is 0.438. The number of hydrogen-bond donors (Lipinski definition) is 0. The van der Waals surface area contributed by atoms with Crippen molar-refractivity contribution in [3.05, 3.63) is 35.4 Å². The van der Waals surface area contributed by atoms with Crippen LogP contribution in [0.5, 0.6) is 0 Å². The Morgan fingerprint density at radius 3 is 2.92 bits per heavy atom. The molecule has 138 valence electrons. The highest BCUT2D eigenvalue weighted by Crippen LogP contribution is 2.31. The van der Waals surface area contributed by atoms with Crippen LogP contribution < -0.4 is 0 Å². The van der Waals surface area contributed by atoms with Crippen LogP contribution in [0.2, 0.25) is 0 Å². The van der Waals surface area contributed by atoms with E-state index >= 15 is 0 Å². The first-order valence-electron chi connectivity index (χ1n) is 8.40. The van der Waals surface area contributed by atoms with Gasteiger partial charge in [-0.25, -0.2) is 13.4 Å². The van der Waals surface area contributed by atoms with E-state index in [0.29, 0.717) is 43.6 Å². The van der Waals surface area contributed by atoms with Crippen LogP contribution in [-0.4, -0.2) is 45.5 Å². The molecule has 0 spiro atoms. The molecule has 1 atom stereocenters. The second-order valence-electron chi connectivity index (χ2n) is 6.20. The average molecular weight is 393 g/mol. The molecule has 1 fully saturated rings. The predicted molar refractivity (Wildman–Crippen MR) is 96.4 cm³/mol. The van der Waals surface area contributed by atoms with E-state index in [-0.39, 0.29) is 10.9 Å². The Balaban J connectivity index is 1.53. The van der Waals surface area contributed by atoms with Crippen molar-refractivity contribution in [2.75, 3.05) is 13.1 Å². The lowest BCUT2D eigenvalue weighted by Gasteiger charge is -2.13. The van der Waals surface area contributed by atoms with Gasteiger partial charge in [-0.05, 0) is 31.7 Å². The molecule has 0 amide bonds. The van der Waals surface area contributed by atoms with Crippen LogP contribution in [0.4, 0.5) is 0 Å². The zero-order chi connectivity index (χ0) is 18.3. The summed E-state index contributed by atoms with van der Waals surface area (Å²) in [5.74, 6) is 1.66. The summed E-state index contributed by atoms with van der Waals surface area (Å²) in [7, 11) is -3.61. The summed E-state index contributed by atoms with van der Waals surface area (Å²) >= 11 is 1.53. The van der Waals surface area contributed by atoms with Crippen LogP contribution in [0.3, 0.4) is 0 Å². The maximum Gasteiger partial charge on any atom is 0.267 e. The Bertz CT molecular complexity index is 1010. The minimum absolute atomic E-state index is 0.0726. The highest BCUT2D eigenvalue weighted by atomic mass is 32.2. The first-order valence-corrected chi connectivity index (χ1v) is 10.7. The van der Waals surface area contributed by atoms with E-state index in [1.165, 1.54) is 15.6 Å². The van der Waals surface area contributed by atoms with Crippen molar-refractivity contribution >= 4 is 21.4 Å². The fourth-order valence-corrected chi connectivity index (χ4v) is 5.25. The number of aryl methyl sites for hydroxylation is 2. The smallest absolute Gasteiger partial charge is 0.267 e. The molecule has 1 saturated heterocycles. The number of imidazole rings is 1. The molecular formula is C16H19N5O3S2. The SMILES string of the molecule is CCn1cc(S(=O)(=O)N2CC[C@H](c3noc(-c4cccs4)n3)C2)nc1C. The van der Waals surface area contributed by atoms with Crippen LogP contribution in [0.25, 0.3) is 10.8 Å². The Morgan fingerprint density at radius 1 is 1.38 bits per heavy atom. The summed E-state index contributed by atoms with van der Waals surface area (Å²) in [6.45, 7) is 5.21. The molecular weight excluding hydrogens is 374 g/mol. The molecule has 1 aliphatic heterocycles. The lowest BCUT2D eigenvalue weighted by Crippen LogP contribution is -2.29. The molecule has 26 heavy (non-hydrogen) atoms. The molecule has 10 heteroatoms. The minimum atomic E-state index is -3.61. The zero-order valence-electron chi connectivity index (χ0n) is 14.5. The third-order valence-electron chi connectivity index (χ3n) is 4.59. The Kier molecular flexibility index (Phi) is 4.41. The molecule has 0 N–H and O–H groups in total. The third kappa shape index (κ3) is 2.97. The number of hydrogen-bond acceptors (Lipinski definition) is 7. The largest absolute Gasteiger partial charge is 0.334 e. The van der Waals surface area contributed by atoms with Gasteiger partial charge in [-0.3, -0.25) is 0 Å². The normalized spacial score (nSPS) is 18.6. The van der Waals surface area contributed by atoms with Gasteiger partial charge in [0, 0.05) is 31.7 Å². The van der Waals surface area contributed by atoms with Crippen molar-refractivity contribution in [1.29, 1.82) is 0 Å². The molecule has 0 unspecified atom stereocenters. The molecule has 3 aromatic rings. The Labute approximate surface area is 155 Å². The number of aromatic nitrogens is 4. The first kappa shape index (κ1) is 17.4. The summed E-state index contributed by atoms with van der Waals surface area (Å²) in [4.78, 5) is 9.57. The Hall–Kier alpha value is -2.04. The fourth-order valence-electron chi connectivity index (χ4n) is 3.11. The maximum absolute atomic E-state index is 12.9. The van der Waals surface area contributed by atoms with Crippen LogP contribution in [0.1, 0.15) is 30.9 Å². The topological polar surface area (TPSA) is 94.1 Å². The first-order chi connectivity index (χ1) is 12.5. The van der Waals surface area contributed by atoms with Gasteiger partial charge in [-0.1, -0.05) is 11.2 Å². The number of nitrogens with zero attached hydrogens (tertiary/aromatic N) is 5. The Morgan fingerprint density at radius 2 is 2.23 bits per heavy atom. The van der Waals surface area contributed by atoms with Gasteiger partial charge in [0.25, 0.3) is 15.9 Å². The lowest BCUT2D eigenvalue weighted by molar-refractivity contribution is 0.415. The number of rotatable bonds is 5. The van der Waals surface area contributed by atoms with Crippen LogP contribution in [-0.2, 0) is 16.6 Å². The molecule has 4 heterocycles. The van der Waals surface area contributed by atoms with Gasteiger partial charge in [0.15, 0.2) is 10.9 Å². The molecule has 0 saturated carbocycles. The van der Waals surface area contributed by atoms with Crippen molar-refractivity contribution in [1.82, 2.24) is 24.0 Å². The average Bonchev–Trinajstić information content (AvgIpc) is 3.37. The quantitative estimate of drug-likeness (QED) is 0.661. The molecule has 8 nitrogen and oxygen atoms in total. The second-order valence-corrected chi connectivity index (χ2v) is 9.03. The van der Waals surface area contributed by atoms with Crippen LogP contribution >= 0.6 is 11.3 Å². The summed E-state index contributed by atoms with van der Waals surface area (Å²) in [5.41, 5.74) is 0. The van der Waals surface area contributed by atoms with Crippen molar-refractivity contribution in [3.8, 4) is 10.8 Å². The summed E-state index contributed by atoms with van der Waals surface area (Å²) < 4.78 is 34.4. The molecule has 0 radical (unpaired) electrons. The summed E-state index contributed by atoms with van der Waals surface area (Å²) in [6, 6.07) is 3.84. The van der Waals surface area contributed by atoms with Crippen molar-refractivity contribution in [2.24, 2.45) is 0 Å². The second kappa shape index (κ2) is 6.60. The van der Waals surface area contributed by atoms with E-state index in [0.717, 1.165) is 4.88 Å². The van der Waals surface area contributed by atoms with Crippen molar-refractivity contribution < 1.29 is 12.9 Å². The van der Waals surface area contributed by atoms with Crippen molar-refractivity contribution in [3.63, 3.8) is 0 Å². The molecule has 0 bridgehead atoms. The molecule has 0 aromatic carbocycles. The number of thiophene rings is 1. The van der Waals surface area contributed by atoms with E-state index in [1.807, 2.05) is 29.0 Å². The van der Waals surface area contributed by atoms with Gasteiger partial charge in [0.1, 0.15) is 5.82 Å². The van der Waals surface area contributed by atoms with Gasteiger partial charge in [0.05, 0.1) is 4.88 Å². The molecule has 1 aliphatic rings. The van der Waals surface area contributed by atoms with Gasteiger partial charge in [-0.15, -0.1) is 11.3 Å². The van der Waals surface area contributed by atoms with Crippen LogP contribution in [0.15, 0.2) is 33.3 Å². The molecule has 4 rings (SSSR count). The maximum atomic E-state index is 12.9. The molecule has 0 aliphatic carbocycles. The van der Waals surface area contributed by atoms with Crippen LogP contribution in [0, 0.1) is 6.92 Å². The van der Waals surface area contributed by atoms with Crippen molar-refractivity contribution in [2.45, 2.75) is 37.8 Å². The van der Waals surface area contributed by atoms with E-state index in [9.17, 15) is 8.42 Å². The van der Waals surface area contributed by atoms with E-state index in [1.54, 1.807) is 13.1 Å². The van der Waals surface area contributed by atoms with E-state index in [2.05, 4.69) is 15.1 Å². The third-order valence-corrected chi connectivity index (χ3v) is 7.18. The van der Waals surface area contributed by atoms with Gasteiger partial charge in [0.2, 0.25) is 0 Å². The van der Waals surface area contributed by atoms with Gasteiger partial charge >= 0.3 is 0 Å². The minimum Gasteiger partial charge on any atom is -0.334 e.